The smallest absolute Gasteiger partial charge is 0.387 e. The Labute approximate surface area is 194 Å². The molecule has 0 aliphatic rings. The van der Waals surface area contributed by atoms with Crippen LogP contribution in [-0.2, 0) is 18.4 Å². The summed E-state index contributed by atoms with van der Waals surface area (Å²) in [6.07, 6.45) is 13.6. The zero-order valence-electron chi connectivity index (χ0n) is 20.7. The van der Waals surface area contributed by atoms with E-state index < -0.39 is 20.0 Å². The zero-order chi connectivity index (χ0) is 24.5. The van der Waals surface area contributed by atoms with Gasteiger partial charge in [-0.3, -0.25) is 13.8 Å². The molecule has 8 nitrogen and oxygen atoms in total. The molecule has 0 bridgehead atoms. The van der Waals surface area contributed by atoms with Gasteiger partial charge >= 0.3 is 7.82 Å². The van der Waals surface area contributed by atoms with Crippen molar-refractivity contribution in [3.05, 3.63) is 24.3 Å². The number of aliphatic hydroxyl groups is 1. The summed E-state index contributed by atoms with van der Waals surface area (Å²) in [5, 5.41) is 13.2. The Bertz CT molecular complexity index is 604. The minimum absolute atomic E-state index is 0.0546. The molecule has 0 aromatic heterocycles. The number of carbonyl (C=O) groups is 1. The van der Waals surface area contributed by atoms with E-state index in [1.807, 2.05) is 34.1 Å². The van der Waals surface area contributed by atoms with Gasteiger partial charge in [-0.15, -0.1) is 0 Å². The van der Waals surface area contributed by atoms with Crippen molar-refractivity contribution in [2.75, 3.05) is 40.9 Å². The summed E-state index contributed by atoms with van der Waals surface area (Å²) in [5.74, 6) is -0.231. The Balaban J connectivity index is 4.77. The number of unbranched alkanes of at least 4 members (excludes halogenated alkanes) is 4. The number of quaternary nitrogens is 1. The van der Waals surface area contributed by atoms with Gasteiger partial charge in [-0.1, -0.05) is 57.4 Å². The van der Waals surface area contributed by atoms with Crippen LogP contribution >= 0.6 is 7.82 Å². The van der Waals surface area contributed by atoms with Gasteiger partial charge in [0, 0.05) is 6.42 Å². The number of nitrogens with zero attached hydrogens (tertiary/aromatic N) is 1. The Morgan fingerprint density at radius 2 is 1.66 bits per heavy atom. The van der Waals surface area contributed by atoms with Crippen LogP contribution in [0.25, 0.3) is 0 Å². The van der Waals surface area contributed by atoms with Gasteiger partial charge in [0.15, 0.2) is 0 Å². The van der Waals surface area contributed by atoms with Gasteiger partial charge in [-0.2, -0.15) is 0 Å². The Morgan fingerprint density at radius 1 is 1.03 bits per heavy atom. The lowest BCUT2D eigenvalue weighted by Gasteiger charge is -2.25. The van der Waals surface area contributed by atoms with Crippen molar-refractivity contribution in [3.8, 4) is 0 Å². The van der Waals surface area contributed by atoms with E-state index in [1.165, 1.54) is 12.8 Å². The maximum absolute atomic E-state index is 12.2. The molecule has 1 amide bonds. The van der Waals surface area contributed by atoms with Crippen molar-refractivity contribution in [3.63, 3.8) is 0 Å². The van der Waals surface area contributed by atoms with Crippen molar-refractivity contribution in [1.29, 1.82) is 0 Å². The first-order chi connectivity index (χ1) is 15.0. The number of phosphoric ester groups is 1. The summed E-state index contributed by atoms with van der Waals surface area (Å²) in [6.45, 7) is 4.39. The van der Waals surface area contributed by atoms with E-state index in [9.17, 15) is 19.4 Å². The van der Waals surface area contributed by atoms with Gasteiger partial charge < -0.3 is 19.8 Å². The maximum Gasteiger partial charge on any atom is 0.472 e. The third-order valence-electron chi connectivity index (χ3n) is 4.67. The highest BCUT2D eigenvalue weighted by Crippen LogP contribution is 2.43. The largest absolute Gasteiger partial charge is 0.472 e. The van der Waals surface area contributed by atoms with Gasteiger partial charge in [0.2, 0.25) is 5.91 Å². The molecule has 188 valence electrons. The number of amides is 1. The normalized spacial score (nSPS) is 16.3. The number of aliphatic hydroxyl groups excluding tert-OH is 1. The monoisotopic (exact) mass is 477 g/mol. The van der Waals surface area contributed by atoms with Gasteiger partial charge in [-0.25, -0.2) is 4.57 Å². The van der Waals surface area contributed by atoms with Crippen LogP contribution in [0.15, 0.2) is 24.3 Å². The van der Waals surface area contributed by atoms with E-state index in [0.29, 0.717) is 17.4 Å². The quantitative estimate of drug-likeness (QED) is 0.113. The van der Waals surface area contributed by atoms with Crippen molar-refractivity contribution >= 4 is 13.7 Å². The van der Waals surface area contributed by atoms with Gasteiger partial charge in [0.25, 0.3) is 0 Å². The molecule has 0 fully saturated rings. The maximum atomic E-state index is 12.2. The molecule has 9 heteroatoms. The van der Waals surface area contributed by atoms with E-state index in [1.54, 1.807) is 6.08 Å². The van der Waals surface area contributed by atoms with Crippen LogP contribution in [0.1, 0.15) is 65.2 Å². The summed E-state index contributed by atoms with van der Waals surface area (Å²) in [4.78, 5) is 22.1. The van der Waals surface area contributed by atoms with Crippen molar-refractivity contribution in [2.24, 2.45) is 0 Å². The molecule has 0 saturated carbocycles. The zero-order valence-corrected chi connectivity index (χ0v) is 21.6. The van der Waals surface area contributed by atoms with E-state index in [-0.39, 0.29) is 19.1 Å². The lowest BCUT2D eigenvalue weighted by atomic mass is 10.1. The fourth-order valence-electron chi connectivity index (χ4n) is 2.60. The number of nitrogens with one attached hydrogen (secondary N) is 1. The number of likely N-dealkylation sites (N-methyl/N-ethyl adjacent to an activating group) is 1. The summed E-state index contributed by atoms with van der Waals surface area (Å²) in [7, 11) is 1.54. The molecule has 0 spiro atoms. The molecular formula is C23H46N2O6P+. The van der Waals surface area contributed by atoms with Gasteiger partial charge in [0.05, 0.1) is 39.9 Å². The Morgan fingerprint density at radius 3 is 2.28 bits per heavy atom. The number of allylic oxidation sites excluding steroid dienone is 3. The van der Waals surface area contributed by atoms with E-state index in [4.69, 9.17) is 9.05 Å². The van der Waals surface area contributed by atoms with Crippen LogP contribution in [-0.4, -0.2) is 73.4 Å². The van der Waals surface area contributed by atoms with Gasteiger partial charge in [-0.05, 0) is 25.7 Å². The summed E-state index contributed by atoms with van der Waals surface area (Å²) in [6, 6.07) is -0.849. The number of rotatable bonds is 19. The van der Waals surface area contributed by atoms with E-state index in [2.05, 4.69) is 24.4 Å². The average Bonchev–Trinajstić information content (AvgIpc) is 2.70. The highest BCUT2D eigenvalue weighted by Gasteiger charge is 2.27. The van der Waals surface area contributed by atoms with Crippen molar-refractivity contribution in [2.45, 2.75) is 77.4 Å². The molecule has 0 aromatic carbocycles. The second-order valence-corrected chi connectivity index (χ2v) is 10.5. The van der Waals surface area contributed by atoms with E-state index >= 15 is 0 Å². The fraction of sp³-hybridized carbons (Fsp3) is 0.783. The van der Waals surface area contributed by atoms with Crippen molar-refractivity contribution < 1.29 is 32.9 Å². The summed E-state index contributed by atoms with van der Waals surface area (Å²) >= 11 is 0. The minimum Gasteiger partial charge on any atom is -0.387 e. The molecule has 3 N–H and O–H groups in total. The molecule has 32 heavy (non-hydrogen) atoms. The van der Waals surface area contributed by atoms with Crippen LogP contribution in [0.4, 0.5) is 0 Å². The predicted molar refractivity (Wildman–Crippen MR) is 129 cm³/mol. The van der Waals surface area contributed by atoms with Crippen LogP contribution in [0.2, 0.25) is 0 Å². The SMILES string of the molecule is CCCC/C=C/CC/C=C/C(O)C(COP(=O)(O)OCC[N+](C)(C)C)NC(=O)CCCC. The Kier molecular flexibility index (Phi) is 16.9. The third kappa shape index (κ3) is 18.5. The predicted octanol–water partition coefficient (Wildman–Crippen LogP) is 3.94. The third-order valence-corrected chi connectivity index (χ3v) is 5.66. The van der Waals surface area contributed by atoms with Crippen LogP contribution in [0.3, 0.4) is 0 Å². The topological polar surface area (TPSA) is 105 Å². The first-order valence-electron chi connectivity index (χ1n) is 11.7. The van der Waals surface area contributed by atoms with Gasteiger partial charge in [0.1, 0.15) is 13.2 Å². The molecule has 0 saturated heterocycles. The molecule has 0 aliphatic carbocycles. The van der Waals surface area contributed by atoms with Crippen molar-refractivity contribution in [1.82, 2.24) is 5.32 Å². The second-order valence-electron chi connectivity index (χ2n) is 9.00. The summed E-state index contributed by atoms with van der Waals surface area (Å²) < 4.78 is 22.8. The minimum atomic E-state index is -4.29. The molecule has 0 heterocycles. The molecule has 3 atom stereocenters. The fourth-order valence-corrected chi connectivity index (χ4v) is 3.34. The molecule has 0 aliphatic heterocycles. The number of hydrogen-bond donors (Lipinski definition) is 3. The average molecular weight is 478 g/mol. The first-order valence-corrected chi connectivity index (χ1v) is 13.2. The first kappa shape index (κ1) is 31.0. The molecule has 0 rings (SSSR count). The van der Waals surface area contributed by atoms with Crippen LogP contribution < -0.4 is 5.32 Å². The molecule has 0 radical (unpaired) electrons. The Hall–Kier alpha value is -1.02. The number of phosphoric acid groups is 1. The van der Waals surface area contributed by atoms with Crippen LogP contribution in [0.5, 0.6) is 0 Å². The highest BCUT2D eigenvalue weighted by atomic mass is 31.2. The number of hydrogen-bond acceptors (Lipinski definition) is 5. The lowest BCUT2D eigenvalue weighted by Crippen LogP contribution is -2.45. The molecular weight excluding hydrogens is 431 g/mol. The second kappa shape index (κ2) is 17.5. The number of carbonyl (C=O) groups excluding carboxylic acids is 1. The summed E-state index contributed by atoms with van der Waals surface area (Å²) in [5.41, 5.74) is 0. The lowest BCUT2D eigenvalue weighted by molar-refractivity contribution is -0.870. The molecule has 0 aromatic rings. The molecule has 3 unspecified atom stereocenters. The standard InChI is InChI=1S/C23H45N2O6P/c1-6-8-10-11-12-13-14-15-16-22(26)21(24-23(27)17-9-7-2)20-31-32(28,29)30-19-18-25(3,4)5/h11-12,15-16,21-22,26H,6-10,13-14,17-20H2,1-5H3,(H-,24,27,28,29)/p+1/b12-11+,16-15+. The van der Waals surface area contributed by atoms with Crippen LogP contribution in [0, 0.1) is 0 Å². The van der Waals surface area contributed by atoms with E-state index in [0.717, 1.165) is 32.1 Å². The highest BCUT2D eigenvalue weighted by molar-refractivity contribution is 7.47.